The Morgan fingerprint density at radius 3 is 2.86 bits per heavy atom. The van der Waals surface area contributed by atoms with Crippen molar-refractivity contribution in [1.82, 2.24) is 4.98 Å². The van der Waals surface area contributed by atoms with Crippen LogP contribution in [0.1, 0.15) is 10.4 Å². The summed E-state index contributed by atoms with van der Waals surface area (Å²) in [4.78, 5) is 15.3. The van der Waals surface area contributed by atoms with Crippen LogP contribution in [0.5, 0.6) is 0 Å². The number of nitrogens with two attached hydrogens (primary N) is 1. The van der Waals surface area contributed by atoms with Crippen molar-refractivity contribution in [3.8, 4) is 0 Å². The lowest BCUT2D eigenvalue weighted by atomic mass is 10.1. The van der Waals surface area contributed by atoms with Gasteiger partial charge in [0.05, 0.1) is 16.3 Å². The molecule has 1 aromatic heterocycles. The summed E-state index contributed by atoms with van der Waals surface area (Å²) in [6, 6.07) is 9.02. The van der Waals surface area contributed by atoms with Crippen molar-refractivity contribution >= 4 is 39.8 Å². The number of benzene rings is 2. The molecule has 0 unspecified atom stereocenters. The molecule has 0 saturated heterocycles. The lowest BCUT2D eigenvalue weighted by molar-refractivity contribution is 0.102. The number of carbonyl (C=O) groups is 1. The maximum atomic E-state index is 13.2. The van der Waals surface area contributed by atoms with E-state index >= 15 is 0 Å². The Bertz CT molecular complexity index is 844. The van der Waals surface area contributed by atoms with Gasteiger partial charge in [-0.2, -0.15) is 0 Å². The van der Waals surface area contributed by atoms with Crippen molar-refractivity contribution in [2.75, 3.05) is 11.1 Å². The third-order valence-corrected chi connectivity index (χ3v) is 3.46. The highest BCUT2D eigenvalue weighted by Crippen LogP contribution is 2.25. The molecule has 0 bridgehead atoms. The number of nitrogen functional groups attached to an aromatic ring is 1. The largest absolute Gasteiger partial charge is 0.399 e. The van der Waals surface area contributed by atoms with E-state index in [4.69, 9.17) is 17.3 Å². The van der Waals surface area contributed by atoms with Gasteiger partial charge in [0.1, 0.15) is 5.82 Å². The number of halogens is 2. The highest BCUT2D eigenvalue weighted by atomic mass is 35.5. The SMILES string of the molecule is Nc1ccc2[nH]cc(C(=O)Nc3cc(F)ccc3Cl)c2c1. The molecule has 0 radical (unpaired) electrons. The Kier molecular flexibility index (Phi) is 3.27. The van der Waals surface area contributed by atoms with Gasteiger partial charge in [-0.1, -0.05) is 11.6 Å². The van der Waals surface area contributed by atoms with Gasteiger partial charge in [0.15, 0.2) is 0 Å². The molecule has 1 heterocycles. The highest BCUT2D eigenvalue weighted by Gasteiger charge is 2.14. The van der Waals surface area contributed by atoms with Gasteiger partial charge in [-0.25, -0.2) is 4.39 Å². The smallest absolute Gasteiger partial charge is 0.257 e. The number of aromatic amines is 1. The van der Waals surface area contributed by atoms with Crippen LogP contribution in [0.25, 0.3) is 10.9 Å². The molecule has 3 aromatic rings. The molecule has 0 fully saturated rings. The first-order chi connectivity index (χ1) is 10.0. The van der Waals surface area contributed by atoms with Gasteiger partial charge in [0.2, 0.25) is 0 Å². The van der Waals surface area contributed by atoms with Crippen LogP contribution in [0.2, 0.25) is 5.02 Å². The second-order valence-electron chi connectivity index (χ2n) is 4.59. The standard InChI is InChI=1S/C15H11ClFN3O/c16-12-3-1-8(17)5-14(12)20-15(21)11-7-19-13-4-2-9(18)6-10(11)13/h1-7,19H,18H2,(H,20,21). The van der Waals surface area contributed by atoms with Gasteiger partial charge < -0.3 is 16.0 Å². The van der Waals surface area contributed by atoms with Crippen molar-refractivity contribution in [3.63, 3.8) is 0 Å². The van der Waals surface area contributed by atoms with E-state index in [0.717, 1.165) is 5.52 Å². The first kappa shape index (κ1) is 13.5. The number of aromatic nitrogens is 1. The number of nitrogens with one attached hydrogen (secondary N) is 2. The minimum Gasteiger partial charge on any atom is -0.399 e. The second kappa shape index (κ2) is 5.10. The topological polar surface area (TPSA) is 70.9 Å². The minimum atomic E-state index is -0.474. The van der Waals surface area contributed by atoms with Crippen LogP contribution in [-0.4, -0.2) is 10.9 Å². The molecule has 0 atom stereocenters. The fourth-order valence-electron chi connectivity index (χ4n) is 2.11. The lowest BCUT2D eigenvalue weighted by Crippen LogP contribution is -2.12. The van der Waals surface area contributed by atoms with Crippen LogP contribution in [0.4, 0.5) is 15.8 Å². The average Bonchev–Trinajstić information content (AvgIpc) is 2.85. The first-order valence-corrected chi connectivity index (χ1v) is 6.55. The van der Waals surface area contributed by atoms with Crippen molar-refractivity contribution in [3.05, 3.63) is 59.0 Å². The molecule has 0 aliphatic carbocycles. The number of fused-ring (bicyclic) bond motifs is 1. The average molecular weight is 304 g/mol. The van der Waals surface area contributed by atoms with E-state index in [0.29, 0.717) is 16.6 Å². The summed E-state index contributed by atoms with van der Waals surface area (Å²) in [6.45, 7) is 0. The Morgan fingerprint density at radius 2 is 2.05 bits per heavy atom. The summed E-state index contributed by atoms with van der Waals surface area (Å²) in [5.74, 6) is -0.864. The van der Waals surface area contributed by atoms with Gasteiger partial charge in [-0.05, 0) is 36.4 Å². The molecule has 4 N–H and O–H groups in total. The van der Waals surface area contributed by atoms with Crippen LogP contribution in [0.3, 0.4) is 0 Å². The summed E-state index contributed by atoms with van der Waals surface area (Å²) >= 11 is 5.94. The molecule has 21 heavy (non-hydrogen) atoms. The summed E-state index contributed by atoms with van der Waals surface area (Å²) in [5.41, 5.74) is 7.72. The summed E-state index contributed by atoms with van der Waals surface area (Å²) in [6.07, 6.45) is 1.58. The summed E-state index contributed by atoms with van der Waals surface area (Å²) < 4.78 is 13.2. The summed E-state index contributed by atoms with van der Waals surface area (Å²) in [5, 5.41) is 3.56. The number of amides is 1. The maximum absolute atomic E-state index is 13.2. The molecule has 2 aromatic carbocycles. The molecule has 6 heteroatoms. The van der Waals surface area contributed by atoms with E-state index in [9.17, 15) is 9.18 Å². The zero-order chi connectivity index (χ0) is 15.0. The van der Waals surface area contributed by atoms with Crippen LogP contribution in [0, 0.1) is 5.82 Å². The number of hydrogen-bond acceptors (Lipinski definition) is 2. The van der Waals surface area contributed by atoms with Crippen molar-refractivity contribution < 1.29 is 9.18 Å². The zero-order valence-electron chi connectivity index (χ0n) is 10.8. The Balaban J connectivity index is 1.97. The monoisotopic (exact) mass is 303 g/mol. The van der Waals surface area contributed by atoms with Gasteiger partial charge in [0.25, 0.3) is 5.91 Å². The van der Waals surface area contributed by atoms with Crippen molar-refractivity contribution in [2.45, 2.75) is 0 Å². The van der Waals surface area contributed by atoms with E-state index in [1.807, 2.05) is 0 Å². The number of hydrogen-bond donors (Lipinski definition) is 3. The van der Waals surface area contributed by atoms with Crippen LogP contribution >= 0.6 is 11.6 Å². The molecule has 0 aliphatic rings. The molecular formula is C15H11ClFN3O. The molecule has 0 spiro atoms. The van der Waals surface area contributed by atoms with Gasteiger partial charge >= 0.3 is 0 Å². The quantitative estimate of drug-likeness (QED) is 0.630. The molecule has 3 rings (SSSR count). The normalized spacial score (nSPS) is 10.8. The second-order valence-corrected chi connectivity index (χ2v) is 4.99. The van der Waals surface area contributed by atoms with E-state index in [-0.39, 0.29) is 16.6 Å². The fourth-order valence-corrected chi connectivity index (χ4v) is 2.27. The predicted octanol–water partition coefficient (Wildman–Crippen LogP) is 3.79. The third kappa shape index (κ3) is 2.55. The van der Waals surface area contributed by atoms with Gasteiger partial charge in [0, 0.05) is 22.8 Å². The highest BCUT2D eigenvalue weighted by molar-refractivity contribution is 6.34. The molecular weight excluding hydrogens is 293 g/mol. The van der Waals surface area contributed by atoms with Crippen molar-refractivity contribution in [2.24, 2.45) is 0 Å². The Hall–Kier alpha value is -2.53. The Labute approximate surface area is 124 Å². The maximum Gasteiger partial charge on any atom is 0.257 e. The van der Waals surface area contributed by atoms with E-state index in [1.54, 1.807) is 24.4 Å². The van der Waals surface area contributed by atoms with Crippen LogP contribution < -0.4 is 11.1 Å². The first-order valence-electron chi connectivity index (χ1n) is 6.17. The summed E-state index contributed by atoms with van der Waals surface area (Å²) in [7, 11) is 0. The predicted molar refractivity (Wildman–Crippen MR) is 82.1 cm³/mol. The Morgan fingerprint density at radius 1 is 1.24 bits per heavy atom. The van der Waals surface area contributed by atoms with Crippen molar-refractivity contribution in [1.29, 1.82) is 0 Å². The van der Waals surface area contributed by atoms with Gasteiger partial charge in [-0.15, -0.1) is 0 Å². The fraction of sp³-hybridized carbons (Fsp3) is 0. The number of anilines is 2. The molecule has 0 aliphatic heterocycles. The molecule has 4 nitrogen and oxygen atoms in total. The zero-order valence-corrected chi connectivity index (χ0v) is 11.5. The molecule has 106 valence electrons. The van der Waals surface area contributed by atoms with Gasteiger partial charge in [-0.3, -0.25) is 4.79 Å². The van der Waals surface area contributed by atoms with E-state index < -0.39 is 5.82 Å². The number of H-pyrrole nitrogens is 1. The van der Waals surface area contributed by atoms with Crippen LogP contribution in [0.15, 0.2) is 42.6 Å². The third-order valence-electron chi connectivity index (χ3n) is 3.13. The molecule has 0 saturated carbocycles. The number of carbonyl (C=O) groups excluding carboxylic acids is 1. The number of rotatable bonds is 2. The van der Waals surface area contributed by atoms with E-state index in [2.05, 4.69) is 10.3 Å². The van der Waals surface area contributed by atoms with Crippen LogP contribution in [-0.2, 0) is 0 Å². The lowest BCUT2D eigenvalue weighted by Gasteiger charge is -2.06. The van der Waals surface area contributed by atoms with E-state index in [1.165, 1.54) is 18.2 Å². The minimum absolute atomic E-state index is 0.222. The molecule has 1 amide bonds.